The van der Waals surface area contributed by atoms with Crippen molar-refractivity contribution in [2.24, 2.45) is 0 Å². The summed E-state index contributed by atoms with van der Waals surface area (Å²) in [5.41, 5.74) is 0.240. The van der Waals surface area contributed by atoms with E-state index < -0.39 is 6.43 Å². The lowest BCUT2D eigenvalue weighted by Gasteiger charge is -2.32. The number of alkyl halides is 2. The molecule has 3 aromatic rings. The molecule has 1 aromatic carbocycles. The minimum absolute atomic E-state index is 0.130. The number of hydrogen-bond donors (Lipinski definition) is 0. The molecule has 2 aromatic heterocycles. The van der Waals surface area contributed by atoms with Gasteiger partial charge >= 0.3 is 0 Å². The van der Waals surface area contributed by atoms with E-state index in [1.54, 1.807) is 23.1 Å². The van der Waals surface area contributed by atoms with Gasteiger partial charge in [-0.2, -0.15) is 14.6 Å². The highest BCUT2D eigenvalue weighted by Gasteiger charge is 2.28. The molecule has 0 aliphatic carbocycles. The van der Waals surface area contributed by atoms with Crippen molar-refractivity contribution in [2.75, 3.05) is 26.8 Å². The fourth-order valence-corrected chi connectivity index (χ4v) is 3.63. The van der Waals surface area contributed by atoms with E-state index in [2.05, 4.69) is 15.1 Å². The smallest absolute Gasteiger partial charge is 0.280 e. The predicted octanol–water partition coefficient (Wildman–Crippen LogP) is 2.86. The molecule has 1 saturated heterocycles. The Morgan fingerprint density at radius 2 is 2.10 bits per heavy atom. The number of carbonyl (C=O) groups excluding carboxylic acids is 1. The van der Waals surface area contributed by atoms with Crippen molar-refractivity contribution >= 4 is 11.7 Å². The summed E-state index contributed by atoms with van der Waals surface area (Å²) in [7, 11) is 1.53. The summed E-state index contributed by atoms with van der Waals surface area (Å²) >= 11 is 0. The van der Waals surface area contributed by atoms with E-state index in [1.165, 1.54) is 19.5 Å². The summed E-state index contributed by atoms with van der Waals surface area (Å²) in [6.07, 6.45) is -0.0122. The fourth-order valence-electron chi connectivity index (χ4n) is 3.63. The second-order valence-electron chi connectivity index (χ2n) is 7.00. The van der Waals surface area contributed by atoms with Gasteiger partial charge in [0.15, 0.2) is 18.1 Å². The molecule has 0 radical (unpaired) electrons. The third-order valence-corrected chi connectivity index (χ3v) is 5.14. The first-order valence-electron chi connectivity index (χ1n) is 9.59. The van der Waals surface area contributed by atoms with Crippen molar-refractivity contribution in [1.82, 2.24) is 24.5 Å². The Morgan fingerprint density at radius 1 is 1.30 bits per heavy atom. The Bertz CT molecular complexity index is 1040. The van der Waals surface area contributed by atoms with E-state index >= 15 is 0 Å². The number of para-hydroxylation sites is 2. The van der Waals surface area contributed by atoms with Gasteiger partial charge in [0, 0.05) is 19.0 Å². The van der Waals surface area contributed by atoms with Crippen LogP contribution in [-0.4, -0.2) is 57.2 Å². The standard InChI is InChI=1S/C20H21F2N5O3/c1-29-16-6-2-3-7-17(16)30-11-18(28)26-8-4-5-13(10-26)14-9-15(19(21)22)27-20(25-14)23-12-24-27/h2-3,6-7,9,12-13,19H,4-5,8,10-11H2,1H3/t13-/m1/s1. The molecule has 1 aliphatic heterocycles. The molecule has 8 nitrogen and oxygen atoms in total. The predicted molar refractivity (Wildman–Crippen MR) is 103 cm³/mol. The number of aromatic nitrogens is 4. The van der Waals surface area contributed by atoms with Crippen LogP contribution in [0.15, 0.2) is 36.7 Å². The monoisotopic (exact) mass is 417 g/mol. The number of benzene rings is 1. The van der Waals surface area contributed by atoms with Crippen LogP contribution in [0.3, 0.4) is 0 Å². The largest absolute Gasteiger partial charge is 0.493 e. The molecule has 1 fully saturated rings. The molecule has 10 heteroatoms. The molecule has 30 heavy (non-hydrogen) atoms. The molecule has 158 valence electrons. The highest BCUT2D eigenvalue weighted by atomic mass is 19.3. The molecule has 1 aliphatic rings. The number of methoxy groups -OCH3 is 1. The molecule has 3 heterocycles. The lowest BCUT2D eigenvalue weighted by atomic mass is 9.94. The summed E-state index contributed by atoms with van der Waals surface area (Å²) < 4.78 is 38.8. The number of piperidine rings is 1. The summed E-state index contributed by atoms with van der Waals surface area (Å²) in [6, 6.07) is 8.45. The van der Waals surface area contributed by atoms with Gasteiger partial charge in [-0.3, -0.25) is 4.79 Å². The van der Waals surface area contributed by atoms with Gasteiger partial charge in [-0.25, -0.2) is 13.8 Å². The van der Waals surface area contributed by atoms with E-state index in [4.69, 9.17) is 9.47 Å². The molecule has 4 rings (SSSR count). The number of nitrogens with zero attached hydrogens (tertiary/aromatic N) is 5. The number of likely N-dealkylation sites (tertiary alicyclic amines) is 1. The van der Waals surface area contributed by atoms with Crippen molar-refractivity contribution in [3.05, 3.63) is 48.0 Å². The molecule has 0 bridgehead atoms. The Kier molecular flexibility index (Phi) is 5.73. The number of halogens is 2. The van der Waals surface area contributed by atoms with Gasteiger partial charge in [0.25, 0.3) is 18.1 Å². The van der Waals surface area contributed by atoms with Gasteiger partial charge in [-0.05, 0) is 31.0 Å². The second-order valence-corrected chi connectivity index (χ2v) is 7.00. The Hall–Kier alpha value is -3.30. The molecule has 1 atom stereocenters. The average molecular weight is 417 g/mol. The fraction of sp³-hybridized carbons (Fsp3) is 0.400. The van der Waals surface area contributed by atoms with Crippen LogP contribution in [0, 0.1) is 0 Å². The minimum Gasteiger partial charge on any atom is -0.493 e. The maximum absolute atomic E-state index is 13.4. The Labute approximate surface area is 171 Å². The van der Waals surface area contributed by atoms with Crippen LogP contribution in [0.5, 0.6) is 11.5 Å². The van der Waals surface area contributed by atoms with E-state index in [0.29, 0.717) is 30.3 Å². The van der Waals surface area contributed by atoms with E-state index in [9.17, 15) is 13.6 Å². The van der Waals surface area contributed by atoms with E-state index in [1.807, 2.05) is 6.07 Å². The Balaban J connectivity index is 1.47. The summed E-state index contributed by atoms with van der Waals surface area (Å²) in [5, 5.41) is 3.81. The van der Waals surface area contributed by atoms with Gasteiger partial charge < -0.3 is 14.4 Å². The first kappa shape index (κ1) is 20.0. The first-order chi connectivity index (χ1) is 14.6. The van der Waals surface area contributed by atoms with Gasteiger partial charge in [0.05, 0.1) is 12.8 Å². The number of amides is 1. The van der Waals surface area contributed by atoms with Crippen LogP contribution in [0.25, 0.3) is 5.78 Å². The molecule has 0 saturated carbocycles. The van der Waals surface area contributed by atoms with Crippen molar-refractivity contribution in [3.63, 3.8) is 0 Å². The van der Waals surface area contributed by atoms with Crippen molar-refractivity contribution in [3.8, 4) is 11.5 Å². The number of ether oxygens (including phenoxy) is 2. The highest BCUT2D eigenvalue weighted by Crippen LogP contribution is 2.30. The zero-order valence-corrected chi connectivity index (χ0v) is 16.4. The second kappa shape index (κ2) is 8.60. The third-order valence-electron chi connectivity index (χ3n) is 5.14. The summed E-state index contributed by atoms with van der Waals surface area (Å²) in [4.78, 5) is 22.7. The maximum atomic E-state index is 13.4. The molecule has 0 spiro atoms. The van der Waals surface area contributed by atoms with Crippen molar-refractivity contribution in [2.45, 2.75) is 25.2 Å². The molecular weight excluding hydrogens is 396 g/mol. The highest BCUT2D eigenvalue weighted by molar-refractivity contribution is 5.78. The van der Waals surface area contributed by atoms with Crippen LogP contribution in [0.2, 0.25) is 0 Å². The zero-order chi connectivity index (χ0) is 21.1. The number of carbonyl (C=O) groups is 1. The topological polar surface area (TPSA) is 81.9 Å². The van der Waals surface area contributed by atoms with Gasteiger partial charge in [-0.1, -0.05) is 12.1 Å². The third kappa shape index (κ3) is 4.03. The van der Waals surface area contributed by atoms with Crippen molar-refractivity contribution < 1.29 is 23.0 Å². The lowest BCUT2D eigenvalue weighted by Crippen LogP contribution is -2.41. The van der Waals surface area contributed by atoms with Crippen molar-refractivity contribution in [1.29, 1.82) is 0 Å². The number of rotatable bonds is 6. The van der Waals surface area contributed by atoms with Crippen LogP contribution in [0.4, 0.5) is 8.78 Å². The quantitative estimate of drug-likeness (QED) is 0.614. The molecule has 0 unspecified atom stereocenters. The first-order valence-corrected chi connectivity index (χ1v) is 9.59. The average Bonchev–Trinajstić information content (AvgIpc) is 3.25. The SMILES string of the molecule is COc1ccccc1OCC(=O)N1CCC[C@@H](c2cc(C(F)F)n3ncnc3n2)C1. The normalized spacial score (nSPS) is 16.8. The summed E-state index contributed by atoms with van der Waals surface area (Å²) in [5.74, 6) is 0.830. The Morgan fingerprint density at radius 3 is 2.87 bits per heavy atom. The minimum atomic E-state index is -2.70. The lowest BCUT2D eigenvalue weighted by molar-refractivity contribution is -0.134. The van der Waals surface area contributed by atoms with Gasteiger partial charge in [0.1, 0.15) is 12.0 Å². The molecule has 1 amide bonds. The number of hydrogen-bond acceptors (Lipinski definition) is 6. The van der Waals surface area contributed by atoms with Crippen LogP contribution in [-0.2, 0) is 4.79 Å². The summed E-state index contributed by atoms with van der Waals surface area (Å²) in [6.45, 7) is 0.833. The zero-order valence-electron chi connectivity index (χ0n) is 16.4. The molecule has 0 N–H and O–H groups in total. The molecular formula is C20H21F2N5O3. The van der Waals surface area contributed by atoms with Crippen LogP contribution >= 0.6 is 0 Å². The van der Waals surface area contributed by atoms with Gasteiger partial charge in [-0.15, -0.1) is 0 Å². The van der Waals surface area contributed by atoms with E-state index in [-0.39, 0.29) is 29.9 Å². The number of fused-ring (bicyclic) bond motifs is 1. The van der Waals surface area contributed by atoms with Crippen LogP contribution < -0.4 is 9.47 Å². The van der Waals surface area contributed by atoms with Gasteiger partial charge in [0.2, 0.25) is 0 Å². The van der Waals surface area contributed by atoms with Crippen LogP contribution in [0.1, 0.15) is 36.6 Å². The van der Waals surface area contributed by atoms with E-state index in [0.717, 1.165) is 17.4 Å². The maximum Gasteiger partial charge on any atom is 0.280 e.